The van der Waals surface area contributed by atoms with Gasteiger partial charge in [-0.2, -0.15) is 0 Å². The van der Waals surface area contributed by atoms with E-state index >= 15 is 0 Å². The number of nitrogens with zero attached hydrogens (tertiary/aromatic N) is 1. The summed E-state index contributed by atoms with van der Waals surface area (Å²) in [5, 5.41) is 0. The van der Waals surface area contributed by atoms with Crippen LogP contribution in [-0.4, -0.2) is 58.7 Å². The maximum absolute atomic E-state index is 12.9. The van der Waals surface area contributed by atoms with Crippen LogP contribution >= 0.6 is 0 Å². The average molecular weight is 429 g/mol. The molecule has 0 fully saturated rings. The second-order valence-corrected chi connectivity index (χ2v) is 7.20. The van der Waals surface area contributed by atoms with Crippen LogP contribution in [-0.2, 0) is 11.2 Å². The molecule has 0 saturated carbocycles. The highest BCUT2D eigenvalue weighted by molar-refractivity contribution is 5.71. The molecule has 4 rings (SSSR count). The summed E-state index contributed by atoms with van der Waals surface area (Å²) >= 11 is 0. The first-order valence-corrected chi connectivity index (χ1v) is 10.3. The van der Waals surface area contributed by atoms with Crippen molar-refractivity contribution < 1.29 is 33.2 Å². The van der Waals surface area contributed by atoms with Crippen LogP contribution in [0.25, 0.3) is 0 Å². The molecule has 8 heteroatoms. The van der Waals surface area contributed by atoms with Crippen molar-refractivity contribution in [3.63, 3.8) is 0 Å². The lowest BCUT2D eigenvalue weighted by Crippen LogP contribution is -2.41. The van der Waals surface area contributed by atoms with E-state index in [0.29, 0.717) is 55.8 Å². The Morgan fingerprint density at radius 2 is 1.65 bits per heavy atom. The van der Waals surface area contributed by atoms with Crippen molar-refractivity contribution in [2.75, 3.05) is 47.7 Å². The first kappa shape index (κ1) is 21.0. The normalized spacial score (nSPS) is 16.9. The second kappa shape index (κ2) is 8.83. The number of methoxy groups -OCH3 is 3. The van der Waals surface area contributed by atoms with Crippen LogP contribution in [0, 0.1) is 0 Å². The Morgan fingerprint density at radius 1 is 1.00 bits per heavy atom. The summed E-state index contributed by atoms with van der Waals surface area (Å²) in [5.41, 5.74) is 2.88. The number of fused-ring (bicyclic) bond motifs is 2. The number of benzene rings is 2. The first-order chi connectivity index (χ1) is 15.1. The first-order valence-electron chi connectivity index (χ1n) is 10.3. The molecule has 0 aromatic heterocycles. The third-order valence-electron chi connectivity index (χ3n) is 5.54. The van der Waals surface area contributed by atoms with Gasteiger partial charge in [-0.1, -0.05) is 0 Å². The summed E-state index contributed by atoms with van der Waals surface area (Å²) in [6.45, 7) is 3.61. The van der Waals surface area contributed by atoms with Crippen molar-refractivity contribution in [3.05, 3.63) is 41.0 Å². The lowest BCUT2D eigenvalue weighted by Gasteiger charge is -2.38. The summed E-state index contributed by atoms with van der Waals surface area (Å²) in [6.07, 6.45) is 0.313. The fourth-order valence-electron chi connectivity index (χ4n) is 4.18. The molecule has 2 aliphatic rings. The van der Waals surface area contributed by atoms with E-state index in [1.165, 1.54) is 0 Å². The third-order valence-corrected chi connectivity index (χ3v) is 5.54. The molecule has 0 aliphatic carbocycles. The van der Waals surface area contributed by atoms with Crippen molar-refractivity contribution in [1.82, 2.24) is 4.90 Å². The van der Waals surface area contributed by atoms with E-state index in [1.54, 1.807) is 33.2 Å². The van der Waals surface area contributed by atoms with E-state index in [2.05, 4.69) is 0 Å². The molecule has 0 spiro atoms. The number of ether oxygens (including phenoxy) is 6. The number of hydrogen-bond donors (Lipinski definition) is 0. The molecule has 0 bridgehead atoms. The fourth-order valence-corrected chi connectivity index (χ4v) is 4.18. The van der Waals surface area contributed by atoms with Gasteiger partial charge in [-0.15, -0.1) is 0 Å². The number of amides is 1. The molecule has 31 heavy (non-hydrogen) atoms. The fraction of sp³-hybridized carbons (Fsp3) is 0.435. The van der Waals surface area contributed by atoms with Crippen LogP contribution in [0.3, 0.4) is 0 Å². The van der Waals surface area contributed by atoms with Gasteiger partial charge in [-0.05, 0) is 54.3 Å². The van der Waals surface area contributed by atoms with Gasteiger partial charge in [0.05, 0.1) is 34.0 Å². The highest BCUT2D eigenvalue weighted by Gasteiger charge is 2.35. The van der Waals surface area contributed by atoms with Gasteiger partial charge in [0.25, 0.3) is 0 Å². The predicted octanol–water partition coefficient (Wildman–Crippen LogP) is 3.59. The summed E-state index contributed by atoms with van der Waals surface area (Å²) in [5.74, 6) is 2.94. The Bertz CT molecular complexity index is 950. The van der Waals surface area contributed by atoms with E-state index < -0.39 is 6.04 Å². The molecule has 1 unspecified atom stereocenters. The van der Waals surface area contributed by atoms with Crippen LogP contribution in [0.1, 0.15) is 29.7 Å². The molecule has 0 saturated heterocycles. The van der Waals surface area contributed by atoms with Crippen molar-refractivity contribution in [3.8, 4) is 28.7 Å². The highest BCUT2D eigenvalue weighted by atomic mass is 16.6. The van der Waals surface area contributed by atoms with Crippen molar-refractivity contribution in [2.45, 2.75) is 19.4 Å². The lowest BCUT2D eigenvalue weighted by atomic mass is 9.87. The Balaban J connectivity index is 1.88. The van der Waals surface area contributed by atoms with Gasteiger partial charge >= 0.3 is 6.09 Å². The minimum absolute atomic E-state index is 0.297. The maximum atomic E-state index is 12.9. The van der Waals surface area contributed by atoms with Gasteiger partial charge in [0.15, 0.2) is 23.0 Å². The smallest absolute Gasteiger partial charge is 0.410 e. The number of hydrogen-bond acceptors (Lipinski definition) is 7. The molecule has 2 aliphatic heterocycles. The van der Waals surface area contributed by atoms with Crippen molar-refractivity contribution >= 4 is 6.09 Å². The van der Waals surface area contributed by atoms with E-state index in [4.69, 9.17) is 28.4 Å². The molecule has 2 heterocycles. The molecule has 2 aromatic rings. The molecule has 1 amide bonds. The summed E-state index contributed by atoms with van der Waals surface area (Å²) in [4.78, 5) is 14.6. The Labute approximate surface area is 181 Å². The van der Waals surface area contributed by atoms with E-state index in [0.717, 1.165) is 22.4 Å². The molecular weight excluding hydrogens is 402 g/mol. The topological polar surface area (TPSA) is 75.7 Å². The third kappa shape index (κ3) is 3.78. The number of rotatable bonds is 5. The van der Waals surface area contributed by atoms with Gasteiger partial charge in [-0.25, -0.2) is 4.79 Å². The van der Waals surface area contributed by atoms with Gasteiger partial charge in [-0.3, -0.25) is 4.90 Å². The quantitative estimate of drug-likeness (QED) is 0.719. The van der Waals surface area contributed by atoms with E-state index in [-0.39, 0.29) is 6.09 Å². The number of carbonyl (C=O) groups is 1. The van der Waals surface area contributed by atoms with E-state index in [9.17, 15) is 4.79 Å². The van der Waals surface area contributed by atoms with Gasteiger partial charge in [0, 0.05) is 6.54 Å². The molecule has 166 valence electrons. The molecule has 1 atom stereocenters. The molecule has 2 aromatic carbocycles. The Kier molecular flexibility index (Phi) is 5.97. The predicted molar refractivity (Wildman–Crippen MR) is 113 cm³/mol. The zero-order valence-corrected chi connectivity index (χ0v) is 18.2. The van der Waals surface area contributed by atoms with Crippen LogP contribution in [0.5, 0.6) is 28.7 Å². The van der Waals surface area contributed by atoms with Crippen molar-refractivity contribution in [2.24, 2.45) is 0 Å². The Morgan fingerprint density at radius 3 is 2.23 bits per heavy atom. The zero-order valence-electron chi connectivity index (χ0n) is 18.2. The van der Waals surface area contributed by atoms with Crippen LogP contribution < -0.4 is 23.7 Å². The SMILES string of the molecule is CCOC(=O)N1CCc2cc3c(cc2C1c1cc(OC)c(OC)c(OC)c1)OCCO3. The summed E-state index contributed by atoms with van der Waals surface area (Å²) in [6, 6.07) is 7.29. The average Bonchev–Trinajstić information content (AvgIpc) is 2.81. The minimum atomic E-state index is -0.410. The monoisotopic (exact) mass is 429 g/mol. The maximum Gasteiger partial charge on any atom is 0.410 e. The van der Waals surface area contributed by atoms with E-state index in [1.807, 2.05) is 24.3 Å². The van der Waals surface area contributed by atoms with Gasteiger partial charge in [0.2, 0.25) is 5.75 Å². The molecule has 0 radical (unpaired) electrons. The minimum Gasteiger partial charge on any atom is -0.493 e. The molecule has 0 N–H and O–H groups in total. The van der Waals surface area contributed by atoms with Crippen molar-refractivity contribution in [1.29, 1.82) is 0 Å². The molecular formula is C23H27NO7. The summed E-state index contributed by atoms with van der Waals surface area (Å²) < 4.78 is 33.5. The van der Waals surface area contributed by atoms with Crippen LogP contribution in [0.2, 0.25) is 0 Å². The summed E-state index contributed by atoms with van der Waals surface area (Å²) in [7, 11) is 4.70. The van der Waals surface area contributed by atoms with Gasteiger partial charge in [0.1, 0.15) is 13.2 Å². The molecule has 8 nitrogen and oxygen atoms in total. The van der Waals surface area contributed by atoms with Crippen LogP contribution in [0.4, 0.5) is 4.79 Å². The standard InChI is InChI=1S/C23H27NO7/c1-5-29-23(25)24-7-6-14-10-17-18(31-9-8-30-17)13-16(14)21(24)15-11-19(26-2)22(28-4)20(12-15)27-3/h10-13,21H,5-9H2,1-4H3. The van der Waals surface area contributed by atoms with Crippen LogP contribution in [0.15, 0.2) is 24.3 Å². The second-order valence-electron chi connectivity index (χ2n) is 7.20. The largest absolute Gasteiger partial charge is 0.493 e. The number of carbonyl (C=O) groups excluding carboxylic acids is 1. The lowest BCUT2D eigenvalue weighted by molar-refractivity contribution is 0.0933. The van der Waals surface area contributed by atoms with Gasteiger partial charge < -0.3 is 28.4 Å². The zero-order chi connectivity index (χ0) is 22.0. The Hall–Kier alpha value is -3.29. The highest BCUT2D eigenvalue weighted by Crippen LogP contribution is 2.46.